The predicted molar refractivity (Wildman–Crippen MR) is 68.3 cm³/mol. The van der Waals surface area contributed by atoms with E-state index in [0.29, 0.717) is 12.8 Å². The van der Waals surface area contributed by atoms with Crippen LogP contribution in [-0.2, 0) is 9.59 Å². The summed E-state index contributed by atoms with van der Waals surface area (Å²) in [5.41, 5.74) is -1.99. The molecule has 0 spiro atoms. The molecule has 0 aliphatic heterocycles. The van der Waals surface area contributed by atoms with Crippen LogP contribution in [0.1, 0.15) is 53.4 Å². The highest BCUT2D eigenvalue weighted by Gasteiger charge is 2.59. The van der Waals surface area contributed by atoms with Crippen LogP contribution < -0.4 is 0 Å². The van der Waals surface area contributed by atoms with Crippen molar-refractivity contribution in [1.82, 2.24) is 0 Å². The SMILES string of the molecule is CC(C(C)(C)C)C(C(=O)O)(C(=O)O)C1CCCC1. The van der Waals surface area contributed by atoms with Gasteiger partial charge in [-0.3, -0.25) is 9.59 Å². The Hall–Kier alpha value is -1.06. The molecule has 104 valence electrons. The molecule has 0 radical (unpaired) electrons. The standard InChI is InChI=1S/C14H24O4/c1-9(13(2,3)4)14(11(15)16,12(17)18)10-7-5-6-8-10/h9-10H,5-8H2,1-4H3,(H,15,16)(H,17,18). The minimum atomic E-state index is -1.64. The van der Waals surface area contributed by atoms with Crippen molar-refractivity contribution in [3.63, 3.8) is 0 Å². The zero-order valence-electron chi connectivity index (χ0n) is 11.7. The van der Waals surface area contributed by atoms with Crippen molar-refractivity contribution >= 4 is 11.9 Å². The van der Waals surface area contributed by atoms with Crippen LogP contribution >= 0.6 is 0 Å². The first-order valence-electron chi connectivity index (χ1n) is 6.62. The Morgan fingerprint density at radius 1 is 1.06 bits per heavy atom. The molecule has 0 aromatic rings. The Labute approximate surface area is 108 Å². The van der Waals surface area contributed by atoms with Gasteiger partial charge in [-0.05, 0) is 30.1 Å². The first-order valence-corrected chi connectivity index (χ1v) is 6.62. The largest absolute Gasteiger partial charge is 0.480 e. The first kappa shape index (κ1) is 15.0. The first-order chi connectivity index (χ1) is 8.15. The van der Waals surface area contributed by atoms with Crippen molar-refractivity contribution in [3.05, 3.63) is 0 Å². The Kier molecular flexibility index (Phi) is 4.08. The summed E-state index contributed by atoms with van der Waals surface area (Å²) in [6.45, 7) is 7.49. The third-order valence-electron chi connectivity index (χ3n) is 4.69. The molecule has 0 heterocycles. The summed E-state index contributed by atoms with van der Waals surface area (Å²) in [5, 5.41) is 19.2. The second-order valence-electron chi connectivity index (χ2n) is 6.55. The van der Waals surface area contributed by atoms with E-state index in [4.69, 9.17) is 0 Å². The second kappa shape index (κ2) is 4.90. The maximum Gasteiger partial charge on any atom is 0.321 e. The molecule has 1 aliphatic carbocycles. The summed E-state index contributed by atoms with van der Waals surface area (Å²) < 4.78 is 0. The molecule has 4 nitrogen and oxygen atoms in total. The van der Waals surface area contributed by atoms with Crippen LogP contribution in [0.2, 0.25) is 0 Å². The van der Waals surface area contributed by atoms with Gasteiger partial charge in [0, 0.05) is 0 Å². The number of aliphatic carboxylic acids is 2. The summed E-state index contributed by atoms with van der Waals surface area (Å²) in [5.74, 6) is -3.02. The molecule has 1 fully saturated rings. The van der Waals surface area contributed by atoms with Gasteiger partial charge in [-0.2, -0.15) is 0 Å². The highest BCUT2D eigenvalue weighted by Crippen LogP contribution is 2.51. The fourth-order valence-electron chi connectivity index (χ4n) is 3.23. The van der Waals surface area contributed by atoms with Crippen molar-refractivity contribution in [2.24, 2.45) is 22.7 Å². The van der Waals surface area contributed by atoms with E-state index in [0.717, 1.165) is 12.8 Å². The molecule has 1 saturated carbocycles. The molecule has 4 heteroatoms. The van der Waals surface area contributed by atoms with Gasteiger partial charge in [-0.1, -0.05) is 40.5 Å². The van der Waals surface area contributed by atoms with Gasteiger partial charge >= 0.3 is 11.9 Å². The third kappa shape index (κ3) is 2.25. The van der Waals surface area contributed by atoms with Crippen LogP contribution in [0.25, 0.3) is 0 Å². The molecule has 1 aliphatic rings. The number of rotatable bonds is 4. The van der Waals surface area contributed by atoms with E-state index in [-0.39, 0.29) is 11.3 Å². The molecular weight excluding hydrogens is 232 g/mol. The number of hydrogen-bond acceptors (Lipinski definition) is 2. The van der Waals surface area contributed by atoms with Gasteiger partial charge in [-0.25, -0.2) is 0 Å². The average Bonchev–Trinajstić information content (AvgIpc) is 2.69. The smallest absolute Gasteiger partial charge is 0.321 e. The number of carboxylic acids is 2. The molecule has 1 unspecified atom stereocenters. The zero-order chi connectivity index (χ0) is 14.1. The van der Waals surface area contributed by atoms with Gasteiger partial charge in [-0.15, -0.1) is 0 Å². The Balaban J connectivity index is 3.30. The molecule has 0 aromatic heterocycles. The van der Waals surface area contributed by atoms with Gasteiger partial charge < -0.3 is 10.2 Å². The summed E-state index contributed by atoms with van der Waals surface area (Å²) in [7, 11) is 0. The molecule has 18 heavy (non-hydrogen) atoms. The Bertz CT molecular complexity index is 320. The molecular formula is C14H24O4. The van der Waals surface area contributed by atoms with Crippen LogP contribution in [0, 0.1) is 22.7 Å². The second-order valence-corrected chi connectivity index (χ2v) is 6.55. The van der Waals surface area contributed by atoms with Crippen molar-refractivity contribution in [2.45, 2.75) is 53.4 Å². The summed E-state index contributed by atoms with van der Waals surface area (Å²) in [6, 6.07) is 0. The summed E-state index contributed by atoms with van der Waals surface area (Å²) in [4.78, 5) is 23.5. The lowest BCUT2D eigenvalue weighted by Gasteiger charge is -2.42. The van der Waals surface area contributed by atoms with Gasteiger partial charge in [0.15, 0.2) is 5.41 Å². The highest BCUT2D eigenvalue weighted by molar-refractivity contribution is 5.99. The molecule has 0 saturated heterocycles. The Morgan fingerprint density at radius 2 is 1.44 bits per heavy atom. The molecule has 1 atom stereocenters. The quantitative estimate of drug-likeness (QED) is 0.758. The van der Waals surface area contributed by atoms with E-state index in [1.165, 1.54) is 0 Å². The number of hydrogen-bond donors (Lipinski definition) is 2. The number of carboxylic acid groups (broad SMARTS) is 2. The van der Waals surface area contributed by atoms with Crippen LogP contribution in [0.4, 0.5) is 0 Å². The fourth-order valence-corrected chi connectivity index (χ4v) is 3.23. The van der Waals surface area contributed by atoms with Crippen LogP contribution in [0.3, 0.4) is 0 Å². The average molecular weight is 256 g/mol. The van der Waals surface area contributed by atoms with E-state index in [1.807, 2.05) is 20.8 Å². The van der Waals surface area contributed by atoms with Crippen LogP contribution in [0.15, 0.2) is 0 Å². The predicted octanol–water partition coefficient (Wildman–Crippen LogP) is 3.01. The molecule has 1 rings (SSSR count). The molecule has 0 amide bonds. The van der Waals surface area contributed by atoms with E-state index >= 15 is 0 Å². The van der Waals surface area contributed by atoms with Crippen molar-refractivity contribution < 1.29 is 19.8 Å². The number of carbonyl (C=O) groups is 2. The summed E-state index contributed by atoms with van der Waals surface area (Å²) in [6.07, 6.45) is 3.28. The van der Waals surface area contributed by atoms with Crippen molar-refractivity contribution in [1.29, 1.82) is 0 Å². The monoisotopic (exact) mass is 256 g/mol. The highest BCUT2D eigenvalue weighted by atomic mass is 16.4. The van der Waals surface area contributed by atoms with Gasteiger partial charge in [0.1, 0.15) is 0 Å². The Morgan fingerprint density at radius 3 is 1.72 bits per heavy atom. The third-order valence-corrected chi connectivity index (χ3v) is 4.69. The fraction of sp³-hybridized carbons (Fsp3) is 0.857. The molecule has 0 aromatic carbocycles. The maximum absolute atomic E-state index is 11.8. The zero-order valence-corrected chi connectivity index (χ0v) is 11.7. The lowest BCUT2D eigenvalue weighted by Crippen LogP contribution is -2.53. The van der Waals surface area contributed by atoms with Crippen molar-refractivity contribution in [3.8, 4) is 0 Å². The molecule has 2 N–H and O–H groups in total. The van der Waals surface area contributed by atoms with Gasteiger partial charge in [0.25, 0.3) is 0 Å². The topological polar surface area (TPSA) is 74.6 Å². The minimum absolute atomic E-state index is 0.248. The van der Waals surface area contributed by atoms with E-state index in [9.17, 15) is 19.8 Å². The minimum Gasteiger partial charge on any atom is -0.480 e. The normalized spacial score (nSPS) is 19.8. The lowest BCUT2D eigenvalue weighted by atomic mass is 9.58. The van der Waals surface area contributed by atoms with Crippen LogP contribution in [0.5, 0.6) is 0 Å². The lowest BCUT2D eigenvalue weighted by molar-refractivity contribution is -0.178. The van der Waals surface area contributed by atoms with Crippen LogP contribution in [-0.4, -0.2) is 22.2 Å². The van der Waals surface area contributed by atoms with E-state index in [1.54, 1.807) is 6.92 Å². The van der Waals surface area contributed by atoms with Gasteiger partial charge in [0.2, 0.25) is 0 Å². The summed E-state index contributed by atoms with van der Waals surface area (Å²) >= 11 is 0. The van der Waals surface area contributed by atoms with E-state index < -0.39 is 23.3 Å². The van der Waals surface area contributed by atoms with Gasteiger partial charge in [0.05, 0.1) is 0 Å². The van der Waals surface area contributed by atoms with E-state index in [2.05, 4.69) is 0 Å². The van der Waals surface area contributed by atoms with Crippen molar-refractivity contribution in [2.75, 3.05) is 0 Å². The molecule has 0 bridgehead atoms. The maximum atomic E-state index is 11.8.